The lowest BCUT2D eigenvalue weighted by molar-refractivity contribution is 0.965. The Kier molecular flexibility index (Phi) is 3.67. The molecule has 0 spiro atoms. The zero-order valence-corrected chi connectivity index (χ0v) is 13.1. The number of aryl methyl sites for hydroxylation is 3. The van der Waals surface area contributed by atoms with Gasteiger partial charge in [0.25, 0.3) is 5.56 Å². The van der Waals surface area contributed by atoms with E-state index in [1.54, 1.807) is 10.5 Å². The van der Waals surface area contributed by atoms with E-state index in [0.29, 0.717) is 12.2 Å². The third-order valence-corrected chi connectivity index (χ3v) is 3.56. The number of fused-ring (bicyclic) bond motifs is 1. The van der Waals surface area contributed by atoms with E-state index in [2.05, 4.69) is 42.3 Å². The van der Waals surface area contributed by atoms with E-state index in [1.165, 1.54) is 11.1 Å². The highest BCUT2D eigenvalue weighted by molar-refractivity contribution is 5.49. The van der Waals surface area contributed by atoms with Crippen LogP contribution in [0, 0.1) is 20.8 Å². The first-order valence-corrected chi connectivity index (χ1v) is 7.32. The summed E-state index contributed by atoms with van der Waals surface area (Å²) in [6, 6.07) is 11.7. The molecule has 2 aromatic heterocycles. The molecule has 2 heterocycles. The summed E-state index contributed by atoms with van der Waals surface area (Å²) in [6.45, 7) is 6.63. The first-order valence-electron chi connectivity index (χ1n) is 7.32. The second kappa shape index (κ2) is 5.64. The molecular formula is C18H19N3O. The van der Waals surface area contributed by atoms with E-state index in [0.717, 1.165) is 16.9 Å². The Morgan fingerprint density at radius 1 is 1.00 bits per heavy atom. The van der Waals surface area contributed by atoms with Crippen molar-refractivity contribution in [2.45, 2.75) is 27.3 Å². The van der Waals surface area contributed by atoms with Crippen molar-refractivity contribution >= 4 is 11.3 Å². The van der Waals surface area contributed by atoms with Crippen LogP contribution in [0.3, 0.4) is 0 Å². The summed E-state index contributed by atoms with van der Waals surface area (Å²) in [4.78, 5) is 16.7. The predicted octanol–water partition coefficient (Wildman–Crippen LogP) is 3.23. The molecule has 0 saturated carbocycles. The minimum Gasteiger partial charge on any atom is -0.379 e. The van der Waals surface area contributed by atoms with Crippen molar-refractivity contribution in [2.75, 3.05) is 5.32 Å². The van der Waals surface area contributed by atoms with E-state index in [4.69, 9.17) is 0 Å². The van der Waals surface area contributed by atoms with Crippen LogP contribution in [0.5, 0.6) is 0 Å². The van der Waals surface area contributed by atoms with Gasteiger partial charge in [-0.05, 0) is 55.7 Å². The maximum atomic E-state index is 12.2. The Hall–Kier alpha value is -2.62. The number of benzene rings is 1. The maximum Gasteiger partial charge on any atom is 0.258 e. The van der Waals surface area contributed by atoms with Crippen molar-refractivity contribution in [1.82, 2.24) is 9.38 Å². The highest BCUT2D eigenvalue weighted by Gasteiger charge is 2.03. The quantitative estimate of drug-likeness (QED) is 0.806. The molecule has 0 radical (unpaired) electrons. The van der Waals surface area contributed by atoms with Gasteiger partial charge in [0.2, 0.25) is 0 Å². The van der Waals surface area contributed by atoms with E-state index < -0.39 is 0 Å². The van der Waals surface area contributed by atoms with Crippen LogP contribution in [0.4, 0.5) is 5.69 Å². The number of hydrogen-bond donors (Lipinski definition) is 1. The molecule has 3 rings (SSSR count). The zero-order valence-electron chi connectivity index (χ0n) is 13.1. The zero-order chi connectivity index (χ0) is 15.7. The van der Waals surface area contributed by atoms with Crippen molar-refractivity contribution in [3.63, 3.8) is 0 Å². The first-order chi connectivity index (χ1) is 10.5. The molecule has 0 atom stereocenters. The molecular weight excluding hydrogens is 274 g/mol. The third kappa shape index (κ3) is 3.01. The fraction of sp³-hybridized carbons (Fsp3) is 0.222. The van der Waals surface area contributed by atoms with Gasteiger partial charge < -0.3 is 5.32 Å². The van der Waals surface area contributed by atoms with Gasteiger partial charge in [-0.2, -0.15) is 0 Å². The molecule has 0 aliphatic carbocycles. The molecule has 4 heteroatoms. The van der Waals surface area contributed by atoms with Crippen molar-refractivity contribution < 1.29 is 0 Å². The van der Waals surface area contributed by atoms with Crippen molar-refractivity contribution in [3.8, 4) is 0 Å². The molecule has 4 nitrogen and oxygen atoms in total. The van der Waals surface area contributed by atoms with Gasteiger partial charge in [0.1, 0.15) is 5.65 Å². The fourth-order valence-corrected chi connectivity index (χ4v) is 2.62. The van der Waals surface area contributed by atoms with Gasteiger partial charge in [-0.25, -0.2) is 4.98 Å². The molecule has 0 saturated heterocycles. The maximum absolute atomic E-state index is 12.2. The SMILES string of the molecule is Cc1cc(C)cc(NCc2cc(=O)n3cc(C)ccc3n2)c1. The largest absolute Gasteiger partial charge is 0.379 e. The molecule has 22 heavy (non-hydrogen) atoms. The monoisotopic (exact) mass is 293 g/mol. The van der Waals surface area contributed by atoms with Crippen LogP contribution in [0.25, 0.3) is 5.65 Å². The summed E-state index contributed by atoms with van der Waals surface area (Å²) in [5.74, 6) is 0. The standard InChI is InChI=1S/C18H19N3O/c1-12-4-5-17-20-16(9-18(22)21(17)11-12)10-19-15-7-13(2)6-14(3)8-15/h4-9,11,19H,10H2,1-3H3. The average molecular weight is 293 g/mol. The van der Waals surface area contributed by atoms with Crippen molar-refractivity contribution in [1.29, 1.82) is 0 Å². The molecule has 3 aromatic rings. The molecule has 112 valence electrons. The van der Waals surface area contributed by atoms with E-state index in [-0.39, 0.29) is 5.56 Å². The van der Waals surface area contributed by atoms with Crippen LogP contribution in [-0.4, -0.2) is 9.38 Å². The van der Waals surface area contributed by atoms with Gasteiger partial charge in [0.15, 0.2) is 0 Å². The predicted molar refractivity (Wildman–Crippen MR) is 89.4 cm³/mol. The number of pyridine rings is 1. The van der Waals surface area contributed by atoms with Gasteiger partial charge >= 0.3 is 0 Å². The smallest absolute Gasteiger partial charge is 0.258 e. The highest BCUT2D eigenvalue weighted by Crippen LogP contribution is 2.14. The van der Waals surface area contributed by atoms with Gasteiger partial charge in [0.05, 0.1) is 12.2 Å². The summed E-state index contributed by atoms with van der Waals surface area (Å²) < 4.78 is 1.58. The lowest BCUT2D eigenvalue weighted by Gasteiger charge is -2.09. The average Bonchev–Trinajstić information content (AvgIpc) is 2.45. The van der Waals surface area contributed by atoms with Crippen LogP contribution in [0.15, 0.2) is 47.4 Å². The Labute approximate surface area is 129 Å². The van der Waals surface area contributed by atoms with E-state index >= 15 is 0 Å². The number of rotatable bonds is 3. The normalized spacial score (nSPS) is 10.9. The number of nitrogens with one attached hydrogen (secondary N) is 1. The Balaban J connectivity index is 1.88. The summed E-state index contributed by atoms with van der Waals surface area (Å²) in [5.41, 5.74) is 5.88. The van der Waals surface area contributed by atoms with Gasteiger partial charge in [-0.15, -0.1) is 0 Å². The Bertz CT molecular complexity index is 876. The lowest BCUT2D eigenvalue weighted by atomic mass is 10.1. The van der Waals surface area contributed by atoms with Gasteiger partial charge in [-0.1, -0.05) is 12.1 Å². The lowest BCUT2D eigenvalue weighted by Crippen LogP contribution is -2.17. The Morgan fingerprint density at radius 2 is 1.73 bits per heavy atom. The summed E-state index contributed by atoms with van der Waals surface area (Å²) in [6.07, 6.45) is 1.81. The second-order valence-electron chi connectivity index (χ2n) is 5.75. The van der Waals surface area contributed by atoms with Crippen molar-refractivity contribution in [3.05, 3.63) is 75.3 Å². The number of anilines is 1. The van der Waals surface area contributed by atoms with Crippen LogP contribution >= 0.6 is 0 Å². The summed E-state index contributed by atoms with van der Waals surface area (Å²) in [7, 11) is 0. The third-order valence-electron chi connectivity index (χ3n) is 3.56. The minimum atomic E-state index is -0.0501. The number of nitrogens with zero attached hydrogens (tertiary/aromatic N) is 2. The van der Waals surface area contributed by atoms with Crippen LogP contribution in [0.2, 0.25) is 0 Å². The summed E-state index contributed by atoms with van der Waals surface area (Å²) in [5, 5.41) is 3.34. The first kappa shape index (κ1) is 14.3. The molecule has 1 aromatic carbocycles. The highest BCUT2D eigenvalue weighted by atomic mass is 16.1. The van der Waals surface area contributed by atoms with Gasteiger partial charge in [0, 0.05) is 18.0 Å². The molecule has 0 aliphatic heterocycles. The topological polar surface area (TPSA) is 46.4 Å². The second-order valence-corrected chi connectivity index (χ2v) is 5.75. The van der Waals surface area contributed by atoms with E-state index in [1.807, 2.05) is 25.3 Å². The number of aromatic nitrogens is 2. The molecule has 0 unspecified atom stereocenters. The Morgan fingerprint density at radius 3 is 2.45 bits per heavy atom. The fourth-order valence-electron chi connectivity index (χ4n) is 2.62. The minimum absolute atomic E-state index is 0.0501. The number of hydrogen-bond acceptors (Lipinski definition) is 3. The van der Waals surface area contributed by atoms with Crippen LogP contribution in [-0.2, 0) is 6.54 Å². The summed E-state index contributed by atoms with van der Waals surface area (Å²) >= 11 is 0. The molecule has 0 aliphatic rings. The van der Waals surface area contributed by atoms with Crippen molar-refractivity contribution in [2.24, 2.45) is 0 Å². The molecule has 0 bridgehead atoms. The van der Waals surface area contributed by atoms with Crippen LogP contribution < -0.4 is 10.9 Å². The molecule has 1 N–H and O–H groups in total. The van der Waals surface area contributed by atoms with Crippen LogP contribution in [0.1, 0.15) is 22.4 Å². The van der Waals surface area contributed by atoms with Gasteiger partial charge in [-0.3, -0.25) is 9.20 Å². The van der Waals surface area contributed by atoms with E-state index in [9.17, 15) is 4.79 Å². The molecule has 0 fully saturated rings. The molecule has 0 amide bonds.